The van der Waals surface area contributed by atoms with Crippen LogP contribution in [0.4, 0.5) is 0 Å². The smallest absolute Gasteiger partial charge is 0.226 e. The number of rotatable bonds is 7. The molecule has 1 amide bonds. The van der Waals surface area contributed by atoms with Crippen LogP contribution in [-0.2, 0) is 11.3 Å². The summed E-state index contributed by atoms with van der Waals surface area (Å²) in [6, 6.07) is 7.94. The minimum Gasteiger partial charge on any atom is -0.337 e. The quantitative estimate of drug-likeness (QED) is 0.783. The zero-order chi connectivity index (χ0) is 16.9. The normalized spacial score (nSPS) is 19.3. The van der Waals surface area contributed by atoms with Gasteiger partial charge < -0.3 is 9.80 Å². The third kappa shape index (κ3) is 4.17. The van der Waals surface area contributed by atoms with Crippen LogP contribution in [0.25, 0.3) is 0 Å². The second kappa shape index (κ2) is 7.53. The fourth-order valence-corrected chi connectivity index (χ4v) is 2.97. The third-order valence-corrected chi connectivity index (χ3v) is 4.45. The Bertz CT molecular complexity index is 660. The van der Waals surface area contributed by atoms with Crippen LogP contribution in [0.5, 0.6) is 0 Å². The van der Waals surface area contributed by atoms with E-state index in [0.717, 1.165) is 25.1 Å². The molecule has 5 heteroatoms. The molecule has 1 aliphatic carbocycles. The molecule has 0 aliphatic heterocycles. The zero-order valence-corrected chi connectivity index (χ0v) is 14.3. The standard InChI is InChI=1S/C19H24N4O/c1-22(2)9-10-23(14-15-5-3-7-20-12-15)19(24)18-11-17(18)16-6-4-8-21-13-16/h3-8,12-13,17-18H,9-11,14H2,1-2H3. The first-order valence-corrected chi connectivity index (χ1v) is 8.37. The summed E-state index contributed by atoms with van der Waals surface area (Å²) in [6.45, 7) is 2.21. The van der Waals surface area contributed by atoms with Crippen LogP contribution in [0.1, 0.15) is 23.5 Å². The maximum absolute atomic E-state index is 13.0. The number of amides is 1. The maximum Gasteiger partial charge on any atom is 0.226 e. The number of likely N-dealkylation sites (N-methyl/N-ethyl adjacent to an activating group) is 1. The molecule has 0 N–H and O–H groups in total. The Balaban J connectivity index is 1.67. The molecule has 2 heterocycles. The highest BCUT2D eigenvalue weighted by Gasteiger charge is 2.45. The average molecular weight is 324 g/mol. The summed E-state index contributed by atoms with van der Waals surface area (Å²) >= 11 is 0. The largest absolute Gasteiger partial charge is 0.337 e. The van der Waals surface area contributed by atoms with Crippen molar-refractivity contribution in [3.05, 3.63) is 60.2 Å². The molecule has 2 aromatic heterocycles. The van der Waals surface area contributed by atoms with Gasteiger partial charge in [0.05, 0.1) is 0 Å². The van der Waals surface area contributed by atoms with Crippen LogP contribution in [0.3, 0.4) is 0 Å². The molecule has 0 bridgehead atoms. The van der Waals surface area contributed by atoms with Gasteiger partial charge >= 0.3 is 0 Å². The topological polar surface area (TPSA) is 49.3 Å². The third-order valence-electron chi connectivity index (χ3n) is 4.45. The first-order valence-electron chi connectivity index (χ1n) is 8.37. The van der Waals surface area contributed by atoms with Gasteiger partial charge in [-0.3, -0.25) is 14.8 Å². The van der Waals surface area contributed by atoms with Crippen LogP contribution in [0.15, 0.2) is 49.1 Å². The van der Waals surface area contributed by atoms with Crippen molar-refractivity contribution in [3.8, 4) is 0 Å². The number of pyridine rings is 2. The molecular formula is C19H24N4O. The van der Waals surface area contributed by atoms with Gasteiger partial charge in [-0.1, -0.05) is 12.1 Å². The molecule has 3 rings (SSSR count). The van der Waals surface area contributed by atoms with Crippen LogP contribution >= 0.6 is 0 Å². The number of hydrogen-bond acceptors (Lipinski definition) is 4. The molecular weight excluding hydrogens is 300 g/mol. The van der Waals surface area contributed by atoms with E-state index in [1.165, 1.54) is 5.56 Å². The Morgan fingerprint density at radius 3 is 2.50 bits per heavy atom. The highest BCUT2D eigenvalue weighted by molar-refractivity contribution is 5.83. The fraction of sp³-hybridized carbons (Fsp3) is 0.421. The Labute approximate surface area is 143 Å². The van der Waals surface area contributed by atoms with Crippen molar-refractivity contribution in [1.29, 1.82) is 0 Å². The molecule has 24 heavy (non-hydrogen) atoms. The van der Waals surface area contributed by atoms with E-state index in [1.807, 2.05) is 49.6 Å². The SMILES string of the molecule is CN(C)CCN(Cc1cccnc1)C(=O)C1CC1c1cccnc1. The maximum atomic E-state index is 13.0. The molecule has 2 atom stereocenters. The summed E-state index contributed by atoms with van der Waals surface area (Å²) < 4.78 is 0. The van der Waals surface area contributed by atoms with Gasteiger partial charge in [0.15, 0.2) is 0 Å². The van der Waals surface area contributed by atoms with E-state index < -0.39 is 0 Å². The Morgan fingerprint density at radius 2 is 1.88 bits per heavy atom. The molecule has 2 unspecified atom stereocenters. The van der Waals surface area contributed by atoms with Gasteiger partial charge in [0, 0.05) is 50.3 Å². The lowest BCUT2D eigenvalue weighted by atomic mass is 10.1. The van der Waals surface area contributed by atoms with E-state index in [9.17, 15) is 4.79 Å². The molecule has 0 radical (unpaired) electrons. The number of hydrogen-bond donors (Lipinski definition) is 0. The van der Waals surface area contributed by atoms with Gasteiger partial charge in [-0.15, -0.1) is 0 Å². The van der Waals surface area contributed by atoms with Crippen molar-refractivity contribution >= 4 is 5.91 Å². The van der Waals surface area contributed by atoms with Crippen molar-refractivity contribution in [2.75, 3.05) is 27.2 Å². The van der Waals surface area contributed by atoms with E-state index in [1.54, 1.807) is 12.4 Å². The lowest BCUT2D eigenvalue weighted by Crippen LogP contribution is -2.37. The van der Waals surface area contributed by atoms with Gasteiger partial charge in [0.1, 0.15) is 0 Å². The highest BCUT2D eigenvalue weighted by atomic mass is 16.2. The van der Waals surface area contributed by atoms with Crippen LogP contribution in [0, 0.1) is 5.92 Å². The summed E-state index contributed by atoms with van der Waals surface area (Å²) in [7, 11) is 4.06. The molecule has 0 saturated heterocycles. The van der Waals surface area contributed by atoms with E-state index in [2.05, 4.69) is 20.9 Å². The summed E-state index contributed by atoms with van der Waals surface area (Å²) in [5, 5.41) is 0. The Morgan fingerprint density at radius 1 is 1.12 bits per heavy atom. The fourth-order valence-electron chi connectivity index (χ4n) is 2.97. The monoisotopic (exact) mass is 324 g/mol. The Kier molecular flexibility index (Phi) is 5.20. The van der Waals surface area contributed by atoms with Crippen LogP contribution in [0.2, 0.25) is 0 Å². The second-order valence-electron chi connectivity index (χ2n) is 6.66. The van der Waals surface area contributed by atoms with E-state index in [-0.39, 0.29) is 11.8 Å². The summed E-state index contributed by atoms with van der Waals surface area (Å²) in [5.41, 5.74) is 2.24. The predicted octanol–water partition coefficient (Wildman–Crippen LogP) is 2.17. The predicted molar refractivity (Wildman–Crippen MR) is 93.3 cm³/mol. The lowest BCUT2D eigenvalue weighted by molar-refractivity contribution is -0.133. The number of carbonyl (C=O) groups excluding carboxylic acids is 1. The van der Waals surface area contributed by atoms with Crippen molar-refractivity contribution in [2.24, 2.45) is 5.92 Å². The number of carbonyl (C=O) groups is 1. The van der Waals surface area contributed by atoms with Crippen molar-refractivity contribution in [1.82, 2.24) is 19.8 Å². The second-order valence-corrected chi connectivity index (χ2v) is 6.66. The van der Waals surface area contributed by atoms with E-state index in [4.69, 9.17) is 0 Å². The van der Waals surface area contributed by atoms with Gasteiger partial charge in [-0.05, 0) is 49.7 Å². The van der Waals surface area contributed by atoms with Gasteiger partial charge in [-0.2, -0.15) is 0 Å². The van der Waals surface area contributed by atoms with Gasteiger partial charge in [-0.25, -0.2) is 0 Å². The number of aromatic nitrogens is 2. The van der Waals surface area contributed by atoms with Crippen LogP contribution in [-0.4, -0.2) is 52.9 Å². The first kappa shape index (κ1) is 16.6. The average Bonchev–Trinajstić information content (AvgIpc) is 3.40. The van der Waals surface area contributed by atoms with Gasteiger partial charge in [0.2, 0.25) is 5.91 Å². The minimum atomic E-state index is 0.0908. The molecule has 2 aromatic rings. The van der Waals surface area contributed by atoms with Crippen molar-refractivity contribution in [2.45, 2.75) is 18.9 Å². The van der Waals surface area contributed by atoms with Crippen LogP contribution < -0.4 is 0 Å². The summed E-state index contributed by atoms with van der Waals surface area (Å²) in [4.78, 5) is 25.4. The zero-order valence-electron chi connectivity index (χ0n) is 14.3. The minimum absolute atomic E-state index is 0.0908. The lowest BCUT2D eigenvalue weighted by Gasteiger charge is -2.25. The molecule has 1 saturated carbocycles. The van der Waals surface area contributed by atoms with Crippen molar-refractivity contribution < 1.29 is 4.79 Å². The first-order chi connectivity index (χ1) is 11.6. The number of nitrogens with zero attached hydrogens (tertiary/aromatic N) is 4. The molecule has 126 valence electrons. The molecule has 1 aliphatic rings. The summed E-state index contributed by atoms with van der Waals surface area (Å²) in [5.74, 6) is 0.657. The van der Waals surface area contributed by atoms with E-state index >= 15 is 0 Å². The van der Waals surface area contributed by atoms with E-state index in [0.29, 0.717) is 12.5 Å². The summed E-state index contributed by atoms with van der Waals surface area (Å²) in [6.07, 6.45) is 8.17. The molecule has 0 spiro atoms. The molecule has 5 nitrogen and oxygen atoms in total. The molecule has 0 aromatic carbocycles. The van der Waals surface area contributed by atoms with Crippen molar-refractivity contribution in [3.63, 3.8) is 0 Å². The highest BCUT2D eigenvalue weighted by Crippen LogP contribution is 2.48. The van der Waals surface area contributed by atoms with Gasteiger partial charge in [0.25, 0.3) is 0 Å². The molecule has 1 fully saturated rings. The Hall–Kier alpha value is -2.27.